The number of H-pyrrole nitrogens is 5. The number of rotatable bonds is 18. The van der Waals surface area contributed by atoms with E-state index in [0.29, 0.717) is 59.0 Å². The molecule has 0 aliphatic heterocycles. The van der Waals surface area contributed by atoms with Crippen molar-refractivity contribution < 1.29 is 8.81 Å². The van der Waals surface area contributed by atoms with Crippen molar-refractivity contribution in [1.29, 1.82) is 0 Å². The molecule has 0 amide bonds. The summed E-state index contributed by atoms with van der Waals surface area (Å²) in [5.41, 5.74) is 18.9. The predicted octanol–water partition coefficient (Wildman–Crippen LogP) is 26.8. The summed E-state index contributed by atoms with van der Waals surface area (Å²) in [6, 6.07) is 18.5. The predicted molar refractivity (Wildman–Crippen MR) is 576 cm³/mol. The van der Waals surface area contributed by atoms with Crippen LogP contribution in [0.15, 0.2) is 181 Å². The van der Waals surface area contributed by atoms with Crippen LogP contribution in [0.25, 0.3) is 165 Å². The van der Waals surface area contributed by atoms with Crippen molar-refractivity contribution in [2.75, 3.05) is 0 Å². The Hall–Kier alpha value is -13.0. The van der Waals surface area contributed by atoms with Crippen LogP contribution in [0.3, 0.4) is 0 Å². The minimum atomic E-state index is -0.268. The first-order chi connectivity index (χ1) is 72.3. The van der Waals surface area contributed by atoms with Gasteiger partial charge in [0.05, 0.1) is 44.3 Å². The number of furan rings is 1. The molecule has 20 aromatic rings. The summed E-state index contributed by atoms with van der Waals surface area (Å²) in [7, 11) is 0. The minimum absolute atomic E-state index is 0.268. The monoisotopic (exact) mass is 2030 g/mol. The average Bonchev–Trinajstić information content (AvgIpc) is 1.66. The van der Waals surface area contributed by atoms with Crippen molar-refractivity contribution in [2.24, 2.45) is 118 Å². The summed E-state index contributed by atoms with van der Waals surface area (Å²) in [6.07, 6.45) is 60.7. The van der Waals surface area contributed by atoms with Crippen LogP contribution in [0.4, 0.5) is 4.39 Å². The lowest BCUT2D eigenvalue weighted by Gasteiger charge is -2.47. The van der Waals surface area contributed by atoms with Gasteiger partial charge in [0.15, 0.2) is 40.7 Å². The summed E-state index contributed by atoms with van der Waals surface area (Å²) >= 11 is 6.53. The van der Waals surface area contributed by atoms with Gasteiger partial charge in [0.2, 0.25) is 0 Å². The first-order valence-corrected chi connectivity index (χ1v) is 56.9. The number of thiazole rings is 1. The highest BCUT2D eigenvalue weighted by Crippen LogP contribution is 2.56. The number of aromatic nitrogens is 26. The summed E-state index contributed by atoms with van der Waals surface area (Å²) < 4.78 is 21.4. The molecule has 746 valence electrons. The van der Waals surface area contributed by atoms with Gasteiger partial charge in [0, 0.05) is 133 Å². The second-order valence-corrected chi connectivity index (χ2v) is 47.4. The van der Waals surface area contributed by atoms with E-state index in [4.69, 9.17) is 49.3 Å². The van der Waals surface area contributed by atoms with E-state index in [1.54, 1.807) is 71.8 Å². The van der Waals surface area contributed by atoms with Crippen LogP contribution < -0.4 is 0 Å². The van der Waals surface area contributed by atoms with Crippen LogP contribution in [0.2, 0.25) is 0 Å². The molecule has 147 heavy (non-hydrogen) atoms. The number of nitrogens with one attached hydrogen (secondary N) is 5. The fourth-order valence-electron chi connectivity index (χ4n) is 28.7. The second kappa shape index (κ2) is 40.2. The Morgan fingerprint density at radius 2 is 0.667 bits per heavy atom. The third kappa shape index (κ3) is 18.2. The number of fused-ring (bicyclic) bond motifs is 22. The molecule has 5 N–H and O–H groups in total. The minimum Gasteiger partial charge on any atom is -0.463 e. The molecular weight excluding hydrogens is 1910 g/mol. The summed E-state index contributed by atoms with van der Waals surface area (Å²) in [4.78, 5) is 116. The third-order valence-electron chi connectivity index (χ3n) is 36.8. The molecule has 15 aliphatic rings. The maximum Gasteiger partial charge on any atom is 0.171 e. The first kappa shape index (κ1) is 93.7. The number of nitrogens with zero attached hydrogens (tertiary/aromatic N) is 21. The van der Waals surface area contributed by atoms with Crippen LogP contribution in [0, 0.1) is 124 Å². The van der Waals surface area contributed by atoms with Crippen molar-refractivity contribution in [3.63, 3.8) is 0 Å². The molecule has 15 saturated carbocycles. The molecule has 8 unspecified atom stereocenters. The molecule has 35 rings (SSSR count). The van der Waals surface area contributed by atoms with Gasteiger partial charge >= 0.3 is 0 Å². The molecule has 0 spiro atoms. The number of halogens is 1. The first-order valence-electron chi connectivity index (χ1n) is 53.4. The number of aromatic amines is 5. The second-order valence-electron chi connectivity index (χ2n) is 43.8. The normalized spacial score (nSPS) is 26.2. The van der Waals surface area contributed by atoms with E-state index in [1.165, 1.54) is 168 Å². The van der Waals surface area contributed by atoms with E-state index in [-0.39, 0.29) is 5.82 Å². The molecule has 10 bridgehead atoms. The van der Waals surface area contributed by atoms with Crippen molar-refractivity contribution in [2.45, 2.75) is 195 Å². The molecule has 0 aromatic carbocycles. The Morgan fingerprint density at radius 3 is 1.07 bits per heavy atom. The topological polar surface area (TPSA) is 363 Å². The zero-order valence-electron chi connectivity index (χ0n) is 83.3. The van der Waals surface area contributed by atoms with Crippen LogP contribution in [-0.4, -0.2) is 130 Å². The lowest BCUT2D eigenvalue weighted by atomic mass is 9.58. The SMILES string of the molecule is CC1C2CCC(CC2)C1Cc1cc(-c2cccs2)nc(-c2c[nH]c3ncncc23)n1.CC1C2CCC(CC2)C1Cc1nc(-c2c[nH]c3ncncc23)nc(-c2cccs2)c1F.CC1C2CCC(CC2)C1Cc1nc(-c2c[nH]c3ncncc23)nc2sccc12.CC1C2CCC(CC2)C1Cc1nc(-c2c[nH]c3ncncc23)nc2scnc12.C[C@H]1C2CCC(CC2)[C@@H]1Cc1cc(-c2ccco2)nc(-c2c[nH]c3ncncc23)n1. The number of hydrogen-bond donors (Lipinski definition) is 5. The highest BCUT2D eigenvalue weighted by Gasteiger charge is 2.47. The van der Waals surface area contributed by atoms with Gasteiger partial charge in [-0.05, 0) is 337 Å². The van der Waals surface area contributed by atoms with Gasteiger partial charge in [-0.15, -0.1) is 45.3 Å². The van der Waals surface area contributed by atoms with Gasteiger partial charge in [0.1, 0.15) is 86.4 Å². The fourth-order valence-corrected chi connectivity index (χ4v) is 31.5. The summed E-state index contributed by atoms with van der Waals surface area (Å²) in [6.45, 7) is 12.2. The molecule has 20 aromatic heterocycles. The smallest absolute Gasteiger partial charge is 0.171 e. The Bertz CT molecular complexity index is 7680. The average molecular weight is 2030 g/mol. The van der Waals surface area contributed by atoms with Gasteiger partial charge in [-0.1, -0.05) is 46.8 Å². The number of hydrogen-bond acceptors (Lipinski definition) is 26. The van der Waals surface area contributed by atoms with Gasteiger partial charge in [0.25, 0.3) is 0 Å². The van der Waals surface area contributed by atoms with Crippen molar-refractivity contribution in [1.82, 2.24) is 130 Å². The van der Waals surface area contributed by atoms with E-state index in [2.05, 4.69) is 160 Å². The number of thiophene rings is 3. The molecule has 0 radical (unpaired) electrons. The van der Waals surface area contributed by atoms with E-state index >= 15 is 4.39 Å². The highest BCUT2D eigenvalue weighted by atomic mass is 32.1. The standard InChI is InChI=1S/C24H24FN5S.C24H25N5O.C24H25N5S.C22H23N5S.C21H22N6S/c1-13-14-4-6-15(7-5-14)16(13)9-19-21(25)22(20-3-2-8-31-20)30-24(29-19)18-11-27-23-17(18)10-26-12-28-23;2*1-14-15-4-6-16(7-5-15)18(14)9-17-10-21(22-3-2-8-30-22)29-24(28-17)20-12-26-23-19(20)11-25-13-27-23;1-12-13-2-4-14(5-3-13)16(12)8-19-15-6-7-28-22(15)27-21(26-19)18-10-24-20-17(18)9-23-11-25-20;1-11-12-2-4-13(5-3-12)14(11)6-17-18-21(28-10-25-18)27-20(26-17)16-8-23-19-15(16)7-22-9-24-19/h2-3,8,10-16H,4-7,9H2,1H3,(H,26,27,28);2*2-3,8,10-16,18H,4-7,9H2,1H3,(H,25,26,27);6-7,9-14,16H,2-5,8H2,1H3,(H,23,24,25);7-14H,2-6H2,1H3,(H,22,23,24)/t;14-,15?,16?,18+;;;/m.0.../s1. The van der Waals surface area contributed by atoms with Crippen LogP contribution in [-0.2, 0) is 32.1 Å². The molecule has 15 fully saturated rings. The molecule has 10 atom stereocenters. The molecule has 0 saturated heterocycles. The summed E-state index contributed by atoms with van der Waals surface area (Å²) in [5.74, 6) is 19.7. The van der Waals surface area contributed by atoms with Crippen molar-refractivity contribution >= 4 is 121 Å². The molecule has 27 nitrogen and oxygen atoms in total. The van der Waals surface area contributed by atoms with Crippen LogP contribution >= 0.6 is 45.3 Å². The summed E-state index contributed by atoms with van der Waals surface area (Å²) in [5, 5.41) is 12.1. The quantitative estimate of drug-likeness (QED) is 0.0532. The molecular formula is C115H119FN26OS4. The molecule has 20 heterocycles. The van der Waals surface area contributed by atoms with E-state index in [9.17, 15) is 0 Å². The van der Waals surface area contributed by atoms with Gasteiger partial charge in [-0.25, -0.2) is 109 Å². The maximum atomic E-state index is 15.7. The Kier molecular flexibility index (Phi) is 25.6. The van der Waals surface area contributed by atoms with Gasteiger partial charge in [-0.2, -0.15) is 0 Å². The Balaban J connectivity index is 0.0000000932. The van der Waals surface area contributed by atoms with E-state index < -0.39 is 0 Å². The lowest BCUT2D eigenvalue weighted by molar-refractivity contribution is 0.0334. The van der Waals surface area contributed by atoms with Crippen LogP contribution in [0.1, 0.15) is 192 Å². The Labute approximate surface area is 866 Å². The third-order valence-corrected chi connectivity index (χ3v) is 40.1. The largest absolute Gasteiger partial charge is 0.463 e. The lowest BCUT2D eigenvalue weighted by Crippen LogP contribution is -2.39. The zero-order chi connectivity index (χ0) is 98.4. The van der Waals surface area contributed by atoms with Crippen LogP contribution in [0.5, 0.6) is 0 Å². The maximum absolute atomic E-state index is 15.7. The fraction of sp³-hybridized carbons (Fsp3) is 0.435. The van der Waals surface area contributed by atoms with Gasteiger partial charge in [-0.3, -0.25) is 0 Å². The van der Waals surface area contributed by atoms with Crippen molar-refractivity contribution in [3.05, 3.63) is 210 Å². The molecule has 32 heteroatoms. The van der Waals surface area contributed by atoms with E-state index in [0.717, 1.165) is 263 Å². The van der Waals surface area contributed by atoms with E-state index in [1.807, 2.05) is 90.9 Å². The van der Waals surface area contributed by atoms with Crippen molar-refractivity contribution in [3.8, 4) is 89.5 Å². The van der Waals surface area contributed by atoms with Gasteiger partial charge < -0.3 is 29.3 Å². The molecule has 15 aliphatic carbocycles. The Morgan fingerprint density at radius 1 is 0.313 bits per heavy atom. The zero-order valence-corrected chi connectivity index (χ0v) is 86.5. The highest BCUT2D eigenvalue weighted by molar-refractivity contribution is 7.17.